The second-order valence-electron chi connectivity index (χ2n) is 5.03. The van der Waals surface area contributed by atoms with Crippen molar-refractivity contribution in [3.05, 3.63) is 16.4 Å². The van der Waals surface area contributed by atoms with Crippen LogP contribution in [0.5, 0.6) is 0 Å². The first-order valence-corrected chi connectivity index (χ1v) is 6.80. The molecule has 3 rings (SSSR count). The molecule has 0 saturated heterocycles. The van der Waals surface area contributed by atoms with Gasteiger partial charge in [-0.2, -0.15) is 4.99 Å². The van der Waals surface area contributed by atoms with Gasteiger partial charge in [-0.05, 0) is 31.1 Å². The van der Waals surface area contributed by atoms with Gasteiger partial charge < -0.3 is 4.57 Å². The fraction of sp³-hybridized carbons (Fsp3) is 0.667. The predicted octanol–water partition coefficient (Wildman–Crippen LogP) is 1.95. The van der Waals surface area contributed by atoms with E-state index < -0.39 is 0 Å². The van der Waals surface area contributed by atoms with Crippen molar-refractivity contribution in [2.75, 3.05) is 0 Å². The van der Waals surface area contributed by atoms with E-state index in [0.717, 1.165) is 17.1 Å². The highest BCUT2D eigenvalue weighted by molar-refractivity contribution is 7.07. The number of hydrogen-bond acceptors (Lipinski definition) is 2. The van der Waals surface area contributed by atoms with Crippen LogP contribution in [0.1, 0.15) is 25.7 Å². The van der Waals surface area contributed by atoms with Gasteiger partial charge in [0.15, 0.2) is 4.80 Å². The monoisotopic (exact) mass is 236 g/mol. The van der Waals surface area contributed by atoms with E-state index in [9.17, 15) is 4.79 Å². The van der Waals surface area contributed by atoms with E-state index in [1.54, 1.807) is 0 Å². The molecule has 0 spiro atoms. The quantitative estimate of drug-likeness (QED) is 0.734. The molecule has 86 valence electrons. The van der Waals surface area contributed by atoms with Crippen LogP contribution < -0.4 is 4.80 Å². The molecule has 1 amide bonds. The predicted molar refractivity (Wildman–Crippen MR) is 62.8 cm³/mol. The number of rotatable bonds is 1. The van der Waals surface area contributed by atoms with Crippen LogP contribution in [0.2, 0.25) is 0 Å². The summed E-state index contributed by atoms with van der Waals surface area (Å²) in [7, 11) is 1.93. The number of carbonyl (C=O) groups is 1. The molecule has 4 heteroatoms. The Morgan fingerprint density at radius 2 is 2.38 bits per heavy atom. The largest absolute Gasteiger partial charge is 0.327 e. The van der Waals surface area contributed by atoms with Crippen molar-refractivity contribution in [2.45, 2.75) is 25.7 Å². The van der Waals surface area contributed by atoms with E-state index in [-0.39, 0.29) is 11.8 Å². The number of nitrogens with zero attached hydrogens (tertiary/aromatic N) is 2. The van der Waals surface area contributed by atoms with Gasteiger partial charge in [-0.1, -0.05) is 6.42 Å². The van der Waals surface area contributed by atoms with Crippen LogP contribution in [0.25, 0.3) is 0 Å². The van der Waals surface area contributed by atoms with Gasteiger partial charge in [-0.3, -0.25) is 4.79 Å². The Kier molecular flexibility index (Phi) is 2.46. The number of fused-ring (bicyclic) bond motifs is 2. The summed E-state index contributed by atoms with van der Waals surface area (Å²) in [6, 6.07) is 0. The molecule has 2 aliphatic carbocycles. The normalized spacial score (nSPS) is 33.6. The minimum Gasteiger partial charge on any atom is -0.327 e. The number of carbonyl (C=O) groups excluding carboxylic acids is 1. The fourth-order valence-corrected chi connectivity index (χ4v) is 3.89. The first-order chi connectivity index (χ1) is 7.74. The van der Waals surface area contributed by atoms with Gasteiger partial charge in [-0.15, -0.1) is 11.3 Å². The lowest BCUT2D eigenvalue weighted by molar-refractivity contribution is -0.123. The van der Waals surface area contributed by atoms with Gasteiger partial charge in [0, 0.05) is 24.5 Å². The molecule has 1 heterocycles. The van der Waals surface area contributed by atoms with Crippen molar-refractivity contribution >= 4 is 17.2 Å². The van der Waals surface area contributed by atoms with E-state index in [2.05, 4.69) is 4.99 Å². The molecule has 0 N–H and O–H groups in total. The van der Waals surface area contributed by atoms with Crippen molar-refractivity contribution in [3.63, 3.8) is 0 Å². The third-order valence-corrected chi connectivity index (χ3v) is 4.87. The molecule has 2 fully saturated rings. The van der Waals surface area contributed by atoms with E-state index in [0.29, 0.717) is 5.92 Å². The average molecular weight is 236 g/mol. The maximum atomic E-state index is 12.1. The molecule has 2 bridgehead atoms. The second kappa shape index (κ2) is 3.84. The van der Waals surface area contributed by atoms with E-state index in [4.69, 9.17) is 0 Å². The standard InChI is InChI=1S/C12H16N2OS/c1-14-4-5-16-12(14)13-11(15)10-7-8-2-3-9(10)6-8/h4-5,8-10H,2-3,6-7H2,1H3. The number of hydrogen-bond donors (Lipinski definition) is 0. The highest BCUT2D eigenvalue weighted by Crippen LogP contribution is 2.48. The summed E-state index contributed by atoms with van der Waals surface area (Å²) in [5.74, 6) is 1.78. The Labute approximate surface area is 98.8 Å². The van der Waals surface area contributed by atoms with Crippen molar-refractivity contribution in [1.82, 2.24) is 4.57 Å². The van der Waals surface area contributed by atoms with E-state index >= 15 is 0 Å². The molecule has 1 aromatic heterocycles. The third kappa shape index (κ3) is 1.65. The van der Waals surface area contributed by atoms with Crippen LogP contribution >= 0.6 is 11.3 Å². The molecule has 3 atom stereocenters. The van der Waals surface area contributed by atoms with Crippen molar-refractivity contribution < 1.29 is 4.79 Å². The summed E-state index contributed by atoms with van der Waals surface area (Å²) in [6.45, 7) is 0. The first kappa shape index (κ1) is 10.3. The van der Waals surface area contributed by atoms with Gasteiger partial charge in [0.25, 0.3) is 5.91 Å². The van der Waals surface area contributed by atoms with Gasteiger partial charge in [-0.25, -0.2) is 0 Å². The Bertz CT molecular complexity index is 473. The maximum Gasteiger partial charge on any atom is 0.251 e. The molecule has 16 heavy (non-hydrogen) atoms. The van der Waals surface area contributed by atoms with Crippen molar-refractivity contribution in [1.29, 1.82) is 0 Å². The van der Waals surface area contributed by atoms with Crippen LogP contribution in [0, 0.1) is 17.8 Å². The smallest absolute Gasteiger partial charge is 0.251 e. The SMILES string of the molecule is Cn1ccsc1=NC(=O)C1CC2CCC1C2. The summed E-state index contributed by atoms with van der Waals surface area (Å²) >= 11 is 1.53. The van der Waals surface area contributed by atoms with Gasteiger partial charge >= 0.3 is 0 Å². The average Bonchev–Trinajstić information content (AvgIpc) is 2.95. The van der Waals surface area contributed by atoms with Crippen LogP contribution in [0.4, 0.5) is 0 Å². The maximum absolute atomic E-state index is 12.1. The zero-order valence-corrected chi connectivity index (χ0v) is 10.2. The molecular weight excluding hydrogens is 220 g/mol. The number of aromatic nitrogens is 1. The molecule has 3 nitrogen and oxygen atoms in total. The third-order valence-electron chi connectivity index (χ3n) is 4.02. The zero-order chi connectivity index (χ0) is 11.1. The Balaban J connectivity index is 1.82. The second-order valence-corrected chi connectivity index (χ2v) is 5.90. The summed E-state index contributed by atoms with van der Waals surface area (Å²) in [5.41, 5.74) is 0. The van der Waals surface area contributed by atoms with Gasteiger partial charge in [0.05, 0.1) is 0 Å². The summed E-state index contributed by atoms with van der Waals surface area (Å²) in [5, 5.41) is 1.97. The topological polar surface area (TPSA) is 34.4 Å². The molecule has 1 aromatic rings. The lowest BCUT2D eigenvalue weighted by Gasteiger charge is -2.17. The Morgan fingerprint density at radius 3 is 2.94 bits per heavy atom. The number of amides is 1. The Morgan fingerprint density at radius 1 is 1.50 bits per heavy atom. The molecule has 0 aromatic carbocycles. The number of aryl methyl sites for hydroxylation is 1. The Hall–Kier alpha value is -0.900. The summed E-state index contributed by atoms with van der Waals surface area (Å²) in [6.07, 6.45) is 6.87. The van der Waals surface area contributed by atoms with Crippen LogP contribution in [0.3, 0.4) is 0 Å². The van der Waals surface area contributed by atoms with Crippen molar-refractivity contribution in [3.8, 4) is 0 Å². The molecule has 0 radical (unpaired) electrons. The lowest BCUT2D eigenvalue weighted by Crippen LogP contribution is -2.22. The number of thiazole rings is 1. The van der Waals surface area contributed by atoms with Crippen LogP contribution in [-0.2, 0) is 11.8 Å². The summed E-state index contributed by atoms with van der Waals surface area (Å²) in [4.78, 5) is 17.2. The highest BCUT2D eigenvalue weighted by atomic mass is 32.1. The minimum atomic E-state index is 0.116. The van der Waals surface area contributed by atoms with Gasteiger partial charge in [0.1, 0.15) is 0 Å². The molecule has 3 unspecified atom stereocenters. The molecular formula is C12H16N2OS. The zero-order valence-electron chi connectivity index (χ0n) is 9.43. The highest BCUT2D eigenvalue weighted by Gasteiger charge is 2.42. The molecule has 0 aliphatic heterocycles. The minimum absolute atomic E-state index is 0.116. The fourth-order valence-electron chi connectivity index (χ4n) is 3.16. The van der Waals surface area contributed by atoms with E-state index in [1.165, 1.54) is 30.6 Å². The summed E-state index contributed by atoms with van der Waals surface area (Å²) < 4.78 is 1.91. The molecule has 2 aliphatic rings. The van der Waals surface area contributed by atoms with Crippen molar-refractivity contribution in [2.24, 2.45) is 29.8 Å². The first-order valence-electron chi connectivity index (χ1n) is 5.93. The van der Waals surface area contributed by atoms with Gasteiger partial charge in [0.2, 0.25) is 0 Å². The van der Waals surface area contributed by atoms with Crippen LogP contribution in [-0.4, -0.2) is 10.5 Å². The molecule has 2 saturated carbocycles. The van der Waals surface area contributed by atoms with Crippen LogP contribution in [0.15, 0.2) is 16.6 Å². The lowest BCUT2D eigenvalue weighted by atomic mass is 9.88. The van der Waals surface area contributed by atoms with E-state index in [1.807, 2.05) is 23.2 Å².